The van der Waals surface area contributed by atoms with Crippen LogP contribution in [-0.4, -0.2) is 9.13 Å². The molecule has 4 nitrogen and oxygen atoms in total. The predicted molar refractivity (Wildman–Crippen MR) is 245 cm³/mol. The molecule has 0 saturated heterocycles. The molecule has 7 aliphatic rings. The smallest absolute Gasteiger partial charge is 0.223 e. The highest BCUT2D eigenvalue weighted by molar-refractivity contribution is 5.76. The Balaban J connectivity index is 0.993. The fourth-order valence-electron chi connectivity index (χ4n) is 9.33. The topological polar surface area (TPSA) is 17.6 Å². The van der Waals surface area contributed by atoms with E-state index in [0.29, 0.717) is 0 Å². The van der Waals surface area contributed by atoms with Crippen LogP contribution in [0.4, 0.5) is 0 Å². The van der Waals surface area contributed by atoms with E-state index < -0.39 is 0 Å². The van der Waals surface area contributed by atoms with Crippen LogP contribution >= 0.6 is 0 Å². The van der Waals surface area contributed by atoms with E-state index in [1.54, 1.807) is 0 Å². The number of nitrogens with zero attached hydrogens (tertiary/aromatic N) is 4. The minimum absolute atomic E-state index is 0.808. The Morgan fingerprint density at radius 3 is 0.983 bits per heavy atom. The van der Waals surface area contributed by atoms with Crippen LogP contribution in [0.2, 0.25) is 0 Å². The Morgan fingerprint density at radius 1 is 0.317 bits per heavy atom. The molecule has 0 unspecified atom stereocenters. The van der Waals surface area contributed by atoms with E-state index in [9.17, 15) is 0 Å². The van der Waals surface area contributed by atoms with Crippen molar-refractivity contribution >= 4 is 22.1 Å². The van der Waals surface area contributed by atoms with Gasteiger partial charge in [-0.05, 0) is 103 Å². The summed E-state index contributed by atoms with van der Waals surface area (Å²) in [6.07, 6.45) is 0. The molecule has 7 aliphatic heterocycles. The second-order valence-corrected chi connectivity index (χ2v) is 16.4. The lowest BCUT2D eigenvalue weighted by atomic mass is 9.98. The lowest BCUT2D eigenvalue weighted by Gasteiger charge is -2.09. The standard InChI is InChI=1S/C56H46N4/c1-39-57-35-41-17-25-45(26-18-41)49-9-7-11-51(33-49)47-29-21-43(22-30-47)37-59-40(2)60(56-16-6-5-15-55(56)59)38-44-23-31-48(32-24-44)52-12-8-10-50(34-52)46-27-19-42(20-28-46)36-58(39)54-14-4-3-13-53(54)57/h3-34H,35-38H2,1-2H3/q+2. The number of hydrogen-bond donors (Lipinski definition) is 0. The third-order valence-electron chi connectivity index (χ3n) is 12.7. The molecular weight excluding hydrogens is 729 g/mol. The number of rotatable bonds is 0. The van der Waals surface area contributed by atoms with Gasteiger partial charge in [0, 0.05) is 13.8 Å². The normalized spacial score (nSPS) is 12.6. The van der Waals surface area contributed by atoms with Gasteiger partial charge >= 0.3 is 0 Å². The van der Waals surface area contributed by atoms with Gasteiger partial charge in [0.15, 0.2) is 22.1 Å². The van der Waals surface area contributed by atoms with Crippen molar-refractivity contribution in [3.63, 3.8) is 0 Å². The van der Waals surface area contributed by atoms with Gasteiger partial charge in [0.1, 0.15) is 26.2 Å². The fourth-order valence-corrected chi connectivity index (χ4v) is 9.33. The molecule has 17 rings (SSSR count). The summed E-state index contributed by atoms with van der Waals surface area (Å²) in [5.74, 6) is 2.49. The molecule has 4 heteroatoms. The molecular formula is C56H46N4+2. The Hall–Kier alpha value is -7.30. The summed E-state index contributed by atoms with van der Waals surface area (Å²) in [4.78, 5) is 0. The highest BCUT2D eigenvalue weighted by Crippen LogP contribution is 2.30. The second-order valence-electron chi connectivity index (χ2n) is 16.4. The average Bonchev–Trinajstić information content (AvgIpc) is 3.71. The van der Waals surface area contributed by atoms with Crippen LogP contribution in [0.1, 0.15) is 33.9 Å². The molecule has 0 aliphatic carbocycles. The van der Waals surface area contributed by atoms with Crippen LogP contribution in [0.5, 0.6) is 0 Å². The van der Waals surface area contributed by atoms with Gasteiger partial charge in [-0.15, -0.1) is 0 Å². The Morgan fingerprint density at radius 2 is 0.633 bits per heavy atom. The molecule has 0 atom stereocenters. The molecule has 16 bridgehead atoms. The van der Waals surface area contributed by atoms with Crippen LogP contribution in [0, 0.1) is 13.8 Å². The Bertz CT molecular complexity index is 2760. The van der Waals surface area contributed by atoms with Crippen LogP contribution in [0.25, 0.3) is 66.6 Å². The van der Waals surface area contributed by atoms with E-state index in [1.807, 2.05) is 0 Å². The fraction of sp³-hybridized carbons (Fsp3) is 0.107. The van der Waals surface area contributed by atoms with Gasteiger partial charge in [-0.3, -0.25) is 0 Å². The van der Waals surface area contributed by atoms with E-state index in [1.165, 1.54) is 100 Å². The van der Waals surface area contributed by atoms with Gasteiger partial charge in [0.2, 0.25) is 0 Å². The lowest BCUT2D eigenvalue weighted by molar-refractivity contribution is -0.669. The zero-order chi connectivity index (χ0) is 40.2. The summed E-state index contributed by atoms with van der Waals surface area (Å²) < 4.78 is 9.84. The molecule has 0 fully saturated rings. The Kier molecular flexibility index (Phi) is 8.85. The molecule has 2 aromatic heterocycles. The van der Waals surface area contributed by atoms with Crippen molar-refractivity contribution in [2.24, 2.45) is 0 Å². The van der Waals surface area contributed by atoms with Gasteiger partial charge in [-0.2, -0.15) is 0 Å². The number of imidazole rings is 2. The number of aromatic nitrogens is 4. The molecule has 288 valence electrons. The number of fused-ring (bicyclic) bond motifs is 2. The first-order valence-electron chi connectivity index (χ1n) is 21.1. The number of para-hydroxylation sites is 4. The molecule has 8 aromatic carbocycles. The maximum absolute atomic E-state index is 2.46. The highest BCUT2D eigenvalue weighted by Gasteiger charge is 2.24. The molecule has 0 amide bonds. The monoisotopic (exact) mass is 774 g/mol. The van der Waals surface area contributed by atoms with E-state index in [-0.39, 0.29) is 0 Å². The maximum Gasteiger partial charge on any atom is 0.254 e. The highest BCUT2D eigenvalue weighted by atomic mass is 15.2. The molecule has 0 saturated carbocycles. The first kappa shape index (κ1) is 35.8. The number of hydrogen-bond acceptors (Lipinski definition) is 0. The summed E-state index contributed by atoms with van der Waals surface area (Å²) in [7, 11) is 0. The zero-order valence-corrected chi connectivity index (χ0v) is 34.1. The summed E-state index contributed by atoms with van der Waals surface area (Å²) in [6.45, 7) is 7.74. The molecule has 0 spiro atoms. The van der Waals surface area contributed by atoms with Crippen LogP contribution < -0.4 is 9.13 Å². The van der Waals surface area contributed by atoms with Crippen LogP contribution in [0.3, 0.4) is 0 Å². The maximum atomic E-state index is 2.46. The first-order valence-corrected chi connectivity index (χ1v) is 21.1. The van der Waals surface area contributed by atoms with Crippen molar-refractivity contribution in [3.05, 3.63) is 228 Å². The summed E-state index contributed by atoms with van der Waals surface area (Å²) in [5.41, 5.74) is 19.9. The quantitative estimate of drug-likeness (QED) is 0.137. The van der Waals surface area contributed by atoms with Crippen molar-refractivity contribution < 1.29 is 9.13 Å². The molecule has 60 heavy (non-hydrogen) atoms. The van der Waals surface area contributed by atoms with E-state index in [4.69, 9.17) is 0 Å². The number of benzene rings is 8. The molecule has 9 heterocycles. The van der Waals surface area contributed by atoms with E-state index >= 15 is 0 Å². The third-order valence-corrected chi connectivity index (χ3v) is 12.7. The minimum atomic E-state index is 0.808. The second kappa shape index (κ2) is 14.8. The van der Waals surface area contributed by atoms with Gasteiger partial charge in [0.05, 0.1) is 0 Å². The minimum Gasteiger partial charge on any atom is -0.223 e. The van der Waals surface area contributed by atoms with Crippen LogP contribution in [0.15, 0.2) is 194 Å². The van der Waals surface area contributed by atoms with E-state index in [0.717, 1.165) is 26.2 Å². The predicted octanol–water partition coefficient (Wildman–Crippen LogP) is 12.0. The van der Waals surface area contributed by atoms with Crippen molar-refractivity contribution in [1.29, 1.82) is 0 Å². The Labute approximate surface area is 351 Å². The SMILES string of the molecule is Cc1n2c3ccccc3[n+]1Cc1ccc(cc1)-c1cccc(c1)-c1ccc(cc1)C[n+]1c(C)n(c3ccccc31)Cc1ccc(cc1)-c1cccc(c1)-c1ccc(cc1)C2. The van der Waals surface area contributed by atoms with Gasteiger partial charge in [0.25, 0.3) is 11.6 Å². The molecule has 0 radical (unpaired) electrons. The lowest BCUT2D eigenvalue weighted by Crippen LogP contribution is -2.37. The summed E-state index contributed by atoms with van der Waals surface area (Å²) in [5, 5.41) is 0. The van der Waals surface area contributed by atoms with Crippen molar-refractivity contribution in [1.82, 2.24) is 9.13 Å². The van der Waals surface area contributed by atoms with E-state index in [2.05, 4.69) is 226 Å². The third kappa shape index (κ3) is 6.51. The van der Waals surface area contributed by atoms with Crippen LogP contribution in [-0.2, 0) is 26.2 Å². The summed E-state index contributed by atoms with van der Waals surface area (Å²) in [6, 6.07) is 72.0. The molecule has 0 N–H and O–H groups in total. The first-order chi connectivity index (χ1) is 29.5. The van der Waals surface area contributed by atoms with Crippen molar-refractivity contribution in [2.45, 2.75) is 40.0 Å². The van der Waals surface area contributed by atoms with Crippen molar-refractivity contribution in [3.8, 4) is 44.5 Å². The zero-order valence-electron chi connectivity index (χ0n) is 34.1. The summed E-state index contributed by atoms with van der Waals surface area (Å²) >= 11 is 0. The molecule has 10 aromatic rings. The average molecular weight is 775 g/mol. The van der Waals surface area contributed by atoms with Gasteiger partial charge in [-0.1, -0.05) is 158 Å². The van der Waals surface area contributed by atoms with Gasteiger partial charge in [-0.25, -0.2) is 18.3 Å². The largest absolute Gasteiger partial charge is 0.254 e. The van der Waals surface area contributed by atoms with Crippen molar-refractivity contribution in [2.75, 3.05) is 0 Å². The van der Waals surface area contributed by atoms with Gasteiger partial charge < -0.3 is 0 Å².